The maximum atomic E-state index is 10.7. The second-order valence-electron chi connectivity index (χ2n) is 4.55. The third-order valence-electron chi connectivity index (χ3n) is 2.67. The molecule has 0 saturated heterocycles. The molecule has 0 atom stereocenters. The first-order valence-corrected chi connectivity index (χ1v) is 7.80. The molecule has 1 aromatic carbocycles. The fraction of sp³-hybridized carbons (Fsp3) is 0.538. The molecule has 0 fully saturated rings. The molecule has 0 spiro atoms. The molecule has 0 radical (unpaired) electrons. The predicted molar refractivity (Wildman–Crippen MR) is 73.2 cm³/mol. The summed E-state index contributed by atoms with van der Waals surface area (Å²) in [5.74, 6) is 0.956. The molecule has 0 unspecified atom stereocenters. The third kappa shape index (κ3) is 6.02. The van der Waals surface area contributed by atoms with E-state index in [1.54, 1.807) is 0 Å². The number of hydrogen-bond acceptors (Lipinski definition) is 3. The van der Waals surface area contributed by atoms with Gasteiger partial charge in [-0.15, -0.1) is 0 Å². The Hall–Kier alpha value is -1.07. The molecule has 18 heavy (non-hydrogen) atoms. The van der Waals surface area contributed by atoms with Crippen LogP contribution in [0.5, 0.6) is 5.75 Å². The number of nitrogens with two attached hydrogens (primary N) is 1. The standard InChI is InChI=1S/C13H21NO3S/c1-11-6-7-12(2)13(10-11)17-8-4-3-5-9-18(14,15)16/h6-7,10H,3-5,8-9H2,1-2H3,(H2,14,15,16). The average Bonchev–Trinajstić information content (AvgIpc) is 2.26. The summed E-state index contributed by atoms with van der Waals surface area (Å²) in [7, 11) is -3.32. The van der Waals surface area contributed by atoms with Crippen molar-refractivity contribution in [1.82, 2.24) is 0 Å². The minimum absolute atomic E-state index is 0.0521. The Morgan fingerprint density at radius 3 is 2.56 bits per heavy atom. The highest BCUT2D eigenvalue weighted by molar-refractivity contribution is 7.89. The Morgan fingerprint density at radius 1 is 1.17 bits per heavy atom. The summed E-state index contributed by atoms with van der Waals surface area (Å²) in [6, 6.07) is 6.10. The van der Waals surface area contributed by atoms with Crippen molar-refractivity contribution in [3.05, 3.63) is 29.3 Å². The van der Waals surface area contributed by atoms with Gasteiger partial charge in [-0.3, -0.25) is 0 Å². The Balaban J connectivity index is 2.24. The first-order chi connectivity index (χ1) is 8.38. The van der Waals surface area contributed by atoms with Crippen LogP contribution in [0, 0.1) is 13.8 Å². The van der Waals surface area contributed by atoms with Crippen LogP contribution in [0.1, 0.15) is 30.4 Å². The van der Waals surface area contributed by atoms with Crippen LogP contribution >= 0.6 is 0 Å². The molecule has 0 heterocycles. The van der Waals surface area contributed by atoms with Crippen molar-refractivity contribution in [2.45, 2.75) is 33.1 Å². The van der Waals surface area contributed by atoms with Crippen LogP contribution in [0.25, 0.3) is 0 Å². The van der Waals surface area contributed by atoms with Gasteiger partial charge in [-0.2, -0.15) is 0 Å². The van der Waals surface area contributed by atoms with E-state index in [9.17, 15) is 8.42 Å². The Morgan fingerprint density at radius 2 is 1.89 bits per heavy atom. The first-order valence-electron chi connectivity index (χ1n) is 6.09. The minimum atomic E-state index is -3.32. The lowest BCUT2D eigenvalue weighted by atomic mass is 10.1. The highest BCUT2D eigenvalue weighted by Gasteiger charge is 2.02. The van der Waals surface area contributed by atoms with Crippen molar-refractivity contribution in [1.29, 1.82) is 0 Å². The number of hydrogen-bond donors (Lipinski definition) is 1. The Kier molecular flexibility index (Phi) is 5.62. The third-order valence-corrected chi connectivity index (χ3v) is 3.53. The molecule has 102 valence electrons. The lowest BCUT2D eigenvalue weighted by Gasteiger charge is -2.09. The van der Waals surface area contributed by atoms with Crippen molar-refractivity contribution in [3.63, 3.8) is 0 Å². The number of benzene rings is 1. The second kappa shape index (κ2) is 6.75. The van der Waals surface area contributed by atoms with E-state index in [1.165, 1.54) is 5.56 Å². The van der Waals surface area contributed by atoms with Gasteiger partial charge in [-0.05, 0) is 50.3 Å². The van der Waals surface area contributed by atoms with Crippen molar-refractivity contribution < 1.29 is 13.2 Å². The van der Waals surface area contributed by atoms with Crippen LogP contribution in [0.3, 0.4) is 0 Å². The van der Waals surface area contributed by atoms with Crippen LogP contribution in [0.4, 0.5) is 0 Å². The smallest absolute Gasteiger partial charge is 0.209 e. The molecule has 5 heteroatoms. The summed E-state index contributed by atoms with van der Waals surface area (Å²) >= 11 is 0. The summed E-state index contributed by atoms with van der Waals surface area (Å²) in [6.07, 6.45) is 2.24. The largest absolute Gasteiger partial charge is 0.493 e. The number of primary sulfonamides is 1. The zero-order valence-corrected chi connectivity index (χ0v) is 11.8. The summed E-state index contributed by atoms with van der Waals surface area (Å²) < 4.78 is 27.1. The molecule has 0 bridgehead atoms. The molecular formula is C13H21NO3S. The first kappa shape index (κ1) is 15.0. The normalized spacial score (nSPS) is 11.5. The summed E-state index contributed by atoms with van der Waals surface area (Å²) in [5, 5.41) is 4.92. The number of rotatable bonds is 7. The van der Waals surface area contributed by atoms with E-state index >= 15 is 0 Å². The van der Waals surface area contributed by atoms with Gasteiger partial charge in [0.15, 0.2) is 0 Å². The average molecular weight is 271 g/mol. The number of ether oxygens (including phenoxy) is 1. The summed E-state index contributed by atoms with van der Waals surface area (Å²) in [4.78, 5) is 0. The van der Waals surface area contributed by atoms with Crippen LogP contribution in [-0.4, -0.2) is 20.8 Å². The maximum Gasteiger partial charge on any atom is 0.209 e. The van der Waals surface area contributed by atoms with E-state index in [4.69, 9.17) is 9.88 Å². The van der Waals surface area contributed by atoms with Gasteiger partial charge in [0.05, 0.1) is 12.4 Å². The minimum Gasteiger partial charge on any atom is -0.493 e. The maximum absolute atomic E-state index is 10.7. The zero-order valence-electron chi connectivity index (χ0n) is 11.0. The van der Waals surface area contributed by atoms with Gasteiger partial charge in [0.2, 0.25) is 10.0 Å². The molecule has 0 saturated carbocycles. The van der Waals surface area contributed by atoms with Gasteiger partial charge in [0, 0.05) is 0 Å². The van der Waals surface area contributed by atoms with Crippen LogP contribution in [0.15, 0.2) is 18.2 Å². The molecule has 0 aliphatic heterocycles. The van der Waals surface area contributed by atoms with Crippen LogP contribution < -0.4 is 9.88 Å². The van der Waals surface area contributed by atoms with Gasteiger partial charge in [-0.25, -0.2) is 13.6 Å². The van der Waals surface area contributed by atoms with Gasteiger partial charge in [0.25, 0.3) is 0 Å². The van der Waals surface area contributed by atoms with Gasteiger partial charge < -0.3 is 4.74 Å². The van der Waals surface area contributed by atoms with E-state index < -0.39 is 10.0 Å². The summed E-state index contributed by atoms with van der Waals surface area (Å²) in [6.45, 7) is 4.64. The highest BCUT2D eigenvalue weighted by Crippen LogP contribution is 2.19. The van der Waals surface area contributed by atoms with Crippen molar-refractivity contribution in [2.24, 2.45) is 5.14 Å². The fourth-order valence-electron chi connectivity index (χ4n) is 1.63. The number of aryl methyl sites for hydroxylation is 2. The monoisotopic (exact) mass is 271 g/mol. The van der Waals surface area contributed by atoms with Crippen molar-refractivity contribution in [2.75, 3.05) is 12.4 Å². The molecular weight excluding hydrogens is 250 g/mol. The summed E-state index contributed by atoms with van der Waals surface area (Å²) in [5.41, 5.74) is 2.29. The molecule has 0 amide bonds. The molecule has 2 N–H and O–H groups in total. The SMILES string of the molecule is Cc1ccc(C)c(OCCCCCS(N)(=O)=O)c1. The van der Waals surface area contributed by atoms with E-state index in [0.717, 1.165) is 24.2 Å². The fourth-order valence-corrected chi connectivity index (χ4v) is 2.23. The lowest BCUT2D eigenvalue weighted by Crippen LogP contribution is -2.16. The predicted octanol–water partition coefficient (Wildman–Crippen LogP) is 2.14. The Labute approximate surface area is 109 Å². The van der Waals surface area contributed by atoms with Gasteiger partial charge >= 0.3 is 0 Å². The molecule has 4 nitrogen and oxygen atoms in total. The van der Waals surface area contributed by atoms with E-state index in [2.05, 4.69) is 0 Å². The number of unbranched alkanes of at least 4 members (excludes halogenated alkanes) is 2. The van der Waals surface area contributed by atoms with Crippen molar-refractivity contribution in [3.8, 4) is 5.75 Å². The van der Waals surface area contributed by atoms with E-state index in [-0.39, 0.29) is 5.75 Å². The molecule has 0 aliphatic carbocycles. The van der Waals surface area contributed by atoms with Gasteiger partial charge in [-0.1, -0.05) is 12.1 Å². The van der Waals surface area contributed by atoms with Crippen LogP contribution in [0.2, 0.25) is 0 Å². The zero-order chi connectivity index (χ0) is 13.6. The van der Waals surface area contributed by atoms with Gasteiger partial charge in [0.1, 0.15) is 5.75 Å². The molecule has 1 aromatic rings. The van der Waals surface area contributed by atoms with E-state index in [0.29, 0.717) is 13.0 Å². The topological polar surface area (TPSA) is 69.4 Å². The van der Waals surface area contributed by atoms with Crippen molar-refractivity contribution >= 4 is 10.0 Å². The highest BCUT2D eigenvalue weighted by atomic mass is 32.2. The van der Waals surface area contributed by atoms with E-state index in [1.807, 2.05) is 32.0 Å². The van der Waals surface area contributed by atoms with Crippen LogP contribution in [-0.2, 0) is 10.0 Å². The quantitative estimate of drug-likeness (QED) is 0.772. The number of sulfonamides is 1. The molecule has 0 aliphatic rings. The second-order valence-corrected chi connectivity index (χ2v) is 6.28. The lowest BCUT2D eigenvalue weighted by molar-refractivity contribution is 0.304. The molecule has 1 rings (SSSR count). The molecule has 0 aromatic heterocycles. The Bertz CT molecular complexity index is 483.